The Balaban J connectivity index is 1.19. The van der Waals surface area contributed by atoms with Gasteiger partial charge < -0.3 is 9.80 Å². The van der Waals surface area contributed by atoms with E-state index in [0.29, 0.717) is 0 Å². The lowest BCUT2D eigenvalue weighted by Gasteiger charge is -2.30. The van der Waals surface area contributed by atoms with Gasteiger partial charge in [0.05, 0.1) is 32.1 Å². The number of hydrogen-bond acceptors (Lipinski definition) is 4. The third-order valence-electron chi connectivity index (χ3n) is 12.1. The van der Waals surface area contributed by atoms with Gasteiger partial charge in [-0.3, -0.25) is 0 Å². The average Bonchev–Trinajstić information content (AvgIpc) is 3.87. The maximum atomic E-state index is 2.51. The fourth-order valence-electron chi connectivity index (χ4n) is 9.40. The molecule has 60 heavy (non-hydrogen) atoms. The van der Waals surface area contributed by atoms with Crippen molar-refractivity contribution in [2.24, 2.45) is 0 Å². The molecule has 10 aromatic carbocycles. The summed E-state index contributed by atoms with van der Waals surface area (Å²) in [5.41, 5.74) is 9.44. The molecule has 0 amide bonds. The van der Waals surface area contributed by atoms with E-state index in [1.807, 2.05) is 22.7 Å². The molecule has 0 fully saturated rings. The number of anilines is 6. The summed E-state index contributed by atoms with van der Waals surface area (Å²) < 4.78 is 5.17. The van der Waals surface area contributed by atoms with Gasteiger partial charge in [0.25, 0.3) is 0 Å². The second-order valence-corrected chi connectivity index (χ2v) is 17.9. The summed E-state index contributed by atoms with van der Waals surface area (Å²) in [6.07, 6.45) is 0. The number of hydrogen-bond donors (Lipinski definition) is 0. The molecule has 0 spiro atoms. The Bertz CT molecular complexity index is 3400. The van der Waals surface area contributed by atoms with Crippen LogP contribution < -0.4 is 9.80 Å². The topological polar surface area (TPSA) is 6.48 Å². The summed E-state index contributed by atoms with van der Waals surface area (Å²) in [6, 6.07) is 72.0. The van der Waals surface area contributed by atoms with E-state index >= 15 is 0 Å². The highest BCUT2D eigenvalue weighted by molar-refractivity contribution is 7.26. The molecule has 2 heterocycles. The first kappa shape index (κ1) is 35.0. The van der Waals surface area contributed by atoms with Gasteiger partial charge in [0.15, 0.2) is 0 Å². The van der Waals surface area contributed by atoms with Crippen LogP contribution in [0.3, 0.4) is 0 Å². The molecule has 0 aliphatic carbocycles. The van der Waals surface area contributed by atoms with Crippen LogP contribution in [0.2, 0.25) is 0 Å². The highest BCUT2D eigenvalue weighted by atomic mass is 32.1. The van der Waals surface area contributed by atoms with E-state index in [4.69, 9.17) is 0 Å². The van der Waals surface area contributed by atoms with Crippen molar-refractivity contribution >= 4 is 129 Å². The van der Waals surface area contributed by atoms with E-state index in [0.717, 1.165) is 11.4 Å². The highest BCUT2D eigenvalue weighted by Gasteiger charge is 2.25. The van der Waals surface area contributed by atoms with Crippen molar-refractivity contribution in [3.05, 3.63) is 205 Å². The van der Waals surface area contributed by atoms with Gasteiger partial charge in [-0.1, -0.05) is 132 Å². The van der Waals surface area contributed by atoms with Crippen LogP contribution in [-0.4, -0.2) is 0 Å². The molecule has 0 aliphatic rings. The minimum Gasteiger partial charge on any atom is -0.308 e. The normalized spacial score (nSPS) is 11.8. The predicted molar refractivity (Wildman–Crippen MR) is 264 cm³/mol. The molecule has 12 aromatic rings. The van der Waals surface area contributed by atoms with E-state index in [-0.39, 0.29) is 0 Å². The molecular formula is C56H38N2S2. The first-order chi connectivity index (χ1) is 29.6. The van der Waals surface area contributed by atoms with E-state index in [2.05, 4.69) is 218 Å². The van der Waals surface area contributed by atoms with Crippen LogP contribution in [0.4, 0.5) is 34.1 Å². The van der Waals surface area contributed by atoms with Crippen LogP contribution >= 0.6 is 22.7 Å². The molecule has 0 saturated carbocycles. The Labute approximate surface area is 356 Å². The van der Waals surface area contributed by atoms with Crippen molar-refractivity contribution in [2.45, 2.75) is 13.8 Å². The van der Waals surface area contributed by atoms with Crippen molar-refractivity contribution in [1.29, 1.82) is 0 Å². The zero-order valence-corrected chi connectivity index (χ0v) is 34.8. The zero-order valence-electron chi connectivity index (χ0n) is 33.2. The predicted octanol–water partition coefficient (Wildman–Crippen LogP) is 17.4. The summed E-state index contributed by atoms with van der Waals surface area (Å²) in [5, 5.41) is 12.6. The Kier molecular flexibility index (Phi) is 8.06. The number of benzene rings is 10. The van der Waals surface area contributed by atoms with Crippen LogP contribution in [0.25, 0.3) is 72.7 Å². The molecule has 4 heteroatoms. The summed E-state index contributed by atoms with van der Waals surface area (Å²) in [4.78, 5) is 5.01. The van der Waals surface area contributed by atoms with Gasteiger partial charge in [-0.25, -0.2) is 0 Å². The molecule has 2 nitrogen and oxygen atoms in total. The molecule has 0 saturated heterocycles. The Morgan fingerprint density at radius 1 is 0.283 bits per heavy atom. The van der Waals surface area contributed by atoms with E-state index < -0.39 is 0 Å². The lowest BCUT2D eigenvalue weighted by molar-refractivity contribution is 1.31. The number of thiophene rings is 2. The SMILES string of the molecule is Cc1ccc2c(c1)c(N(c1ccccc1)c1cccc3c1sc1ccccc13)cc1c3ccc(C)cc3c(N(c3ccccc3)c3cccc4c3sc3ccccc34)cc21. The van der Waals surface area contributed by atoms with Gasteiger partial charge in [-0.05, 0) is 108 Å². The number of nitrogens with zero attached hydrogens (tertiary/aromatic N) is 2. The molecule has 284 valence electrons. The van der Waals surface area contributed by atoms with Crippen molar-refractivity contribution < 1.29 is 0 Å². The lowest BCUT2D eigenvalue weighted by Crippen LogP contribution is -2.12. The average molecular weight is 803 g/mol. The van der Waals surface area contributed by atoms with Crippen molar-refractivity contribution in [1.82, 2.24) is 0 Å². The number of aryl methyl sites for hydroxylation is 2. The Morgan fingerprint density at radius 2 is 0.683 bits per heavy atom. The second kappa shape index (κ2) is 13.8. The molecule has 0 radical (unpaired) electrons. The fourth-order valence-corrected chi connectivity index (χ4v) is 11.8. The second-order valence-electron chi connectivity index (χ2n) is 15.8. The highest BCUT2D eigenvalue weighted by Crippen LogP contribution is 2.51. The van der Waals surface area contributed by atoms with Crippen LogP contribution in [-0.2, 0) is 0 Å². The molecule has 0 unspecified atom stereocenters. The molecular weight excluding hydrogens is 765 g/mol. The van der Waals surface area contributed by atoms with Crippen molar-refractivity contribution in [3.8, 4) is 0 Å². The summed E-state index contributed by atoms with van der Waals surface area (Å²) in [7, 11) is 0. The van der Waals surface area contributed by atoms with Gasteiger partial charge in [0.2, 0.25) is 0 Å². The first-order valence-corrected chi connectivity index (χ1v) is 22.1. The summed E-state index contributed by atoms with van der Waals surface area (Å²) >= 11 is 3.76. The van der Waals surface area contributed by atoms with E-state index in [9.17, 15) is 0 Å². The number of fused-ring (bicyclic) bond motifs is 11. The van der Waals surface area contributed by atoms with Gasteiger partial charge in [-0.15, -0.1) is 22.7 Å². The third-order valence-corrected chi connectivity index (χ3v) is 14.5. The molecule has 12 rings (SSSR count). The molecule has 0 bridgehead atoms. The fraction of sp³-hybridized carbons (Fsp3) is 0.0357. The zero-order chi connectivity index (χ0) is 39.9. The van der Waals surface area contributed by atoms with Crippen LogP contribution in [0.5, 0.6) is 0 Å². The monoisotopic (exact) mass is 802 g/mol. The van der Waals surface area contributed by atoms with Gasteiger partial charge in [0.1, 0.15) is 0 Å². The minimum atomic E-state index is 1.13. The van der Waals surface area contributed by atoms with Crippen molar-refractivity contribution in [2.75, 3.05) is 9.80 Å². The molecule has 2 aromatic heterocycles. The van der Waals surface area contributed by atoms with Crippen molar-refractivity contribution in [3.63, 3.8) is 0 Å². The summed E-state index contributed by atoms with van der Waals surface area (Å²) in [5.74, 6) is 0. The first-order valence-electron chi connectivity index (χ1n) is 20.5. The minimum absolute atomic E-state index is 1.13. The molecule has 0 atom stereocenters. The molecule has 0 N–H and O–H groups in total. The van der Waals surface area contributed by atoms with E-state index in [1.165, 1.54) is 107 Å². The Morgan fingerprint density at radius 3 is 1.13 bits per heavy atom. The largest absolute Gasteiger partial charge is 0.308 e. The number of rotatable bonds is 6. The Hall–Kier alpha value is -6.98. The maximum Gasteiger partial charge on any atom is 0.0640 e. The molecule has 0 aliphatic heterocycles. The van der Waals surface area contributed by atoms with Gasteiger partial charge in [-0.2, -0.15) is 0 Å². The van der Waals surface area contributed by atoms with Crippen LogP contribution in [0, 0.1) is 13.8 Å². The van der Waals surface area contributed by atoms with Gasteiger partial charge in [0, 0.05) is 53.1 Å². The summed E-state index contributed by atoms with van der Waals surface area (Å²) in [6.45, 7) is 4.43. The lowest BCUT2D eigenvalue weighted by atomic mass is 9.92. The quantitative estimate of drug-likeness (QED) is 0.155. The smallest absolute Gasteiger partial charge is 0.0640 e. The van der Waals surface area contributed by atoms with Crippen LogP contribution in [0.1, 0.15) is 11.1 Å². The standard InChI is InChI=1S/C56H38N2S2/c1-35-27-29-39-45-34-52(58(38-17-7-4-8-18-38)50-24-14-22-44-42-20-10-12-26-54(42)60-56(44)50)48-32-36(2)28-30-40(48)46(45)33-51(47(39)31-35)57(37-15-5-3-6-16-37)49-23-13-21-43-41-19-9-11-25-53(41)59-55(43)49/h3-34H,1-2H3. The van der Waals surface area contributed by atoms with Crippen LogP contribution in [0.15, 0.2) is 194 Å². The van der Waals surface area contributed by atoms with E-state index in [1.54, 1.807) is 0 Å². The maximum absolute atomic E-state index is 2.51. The van der Waals surface area contributed by atoms with Gasteiger partial charge >= 0.3 is 0 Å². The number of para-hydroxylation sites is 2. The third kappa shape index (κ3) is 5.45.